The molecule has 0 radical (unpaired) electrons. The summed E-state index contributed by atoms with van der Waals surface area (Å²) in [5, 5.41) is 2.63. The van der Waals surface area contributed by atoms with Crippen LogP contribution in [0.3, 0.4) is 0 Å². The van der Waals surface area contributed by atoms with Crippen LogP contribution in [0.15, 0.2) is 18.2 Å². The van der Waals surface area contributed by atoms with Crippen molar-refractivity contribution in [2.75, 3.05) is 0 Å². The summed E-state index contributed by atoms with van der Waals surface area (Å²) in [6.45, 7) is 3.75. The zero-order valence-electron chi connectivity index (χ0n) is 10.1. The molecule has 1 atom stereocenters. The number of aryl methyl sites for hydroxylation is 1. The first-order valence-electron chi connectivity index (χ1n) is 5.61. The maximum atomic E-state index is 13.5. The number of hydrogen-bond donors (Lipinski definition) is 1. The minimum absolute atomic E-state index is 0.0342. The third kappa shape index (κ3) is 3.60. The summed E-state index contributed by atoms with van der Waals surface area (Å²) in [5.74, 6) is 1.50. The first-order chi connectivity index (χ1) is 8.08. The van der Waals surface area contributed by atoms with Gasteiger partial charge < -0.3 is 5.32 Å². The number of carbonyl (C=O) groups excluding carboxylic acids is 1. The SMILES string of the molecule is C#CC(CCC)NC(=O)c1ccc(C)cc1F. The molecular formula is C14H16FNO. The predicted octanol–water partition coefficient (Wildman–Crippen LogP) is 2.67. The number of hydrogen-bond acceptors (Lipinski definition) is 1. The van der Waals surface area contributed by atoms with Gasteiger partial charge in [0.05, 0.1) is 11.6 Å². The Kier molecular flexibility index (Phi) is 4.71. The van der Waals surface area contributed by atoms with E-state index in [-0.39, 0.29) is 11.6 Å². The van der Waals surface area contributed by atoms with E-state index in [1.54, 1.807) is 13.0 Å². The quantitative estimate of drug-likeness (QED) is 0.796. The molecule has 0 aromatic heterocycles. The van der Waals surface area contributed by atoms with Crippen LogP contribution in [0, 0.1) is 25.1 Å². The summed E-state index contributed by atoms with van der Waals surface area (Å²) in [6, 6.07) is 4.16. The van der Waals surface area contributed by atoms with E-state index < -0.39 is 11.7 Å². The largest absolute Gasteiger partial charge is 0.338 e. The molecule has 1 aromatic carbocycles. The second-order valence-electron chi connectivity index (χ2n) is 3.96. The molecule has 0 bridgehead atoms. The smallest absolute Gasteiger partial charge is 0.255 e. The van der Waals surface area contributed by atoms with E-state index in [1.807, 2.05) is 6.92 Å². The molecule has 2 nitrogen and oxygen atoms in total. The van der Waals surface area contributed by atoms with Crippen molar-refractivity contribution in [1.82, 2.24) is 5.32 Å². The second kappa shape index (κ2) is 6.05. The summed E-state index contributed by atoms with van der Waals surface area (Å²) >= 11 is 0. The van der Waals surface area contributed by atoms with E-state index in [2.05, 4.69) is 11.2 Å². The van der Waals surface area contributed by atoms with Gasteiger partial charge in [0.25, 0.3) is 5.91 Å². The van der Waals surface area contributed by atoms with Crippen molar-refractivity contribution in [2.24, 2.45) is 0 Å². The molecule has 0 heterocycles. The Bertz CT molecular complexity index is 448. The van der Waals surface area contributed by atoms with E-state index in [1.165, 1.54) is 12.1 Å². The fourth-order valence-corrected chi connectivity index (χ4v) is 1.53. The number of benzene rings is 1. The highest BCUT2D eigenvalue weighted by atomic mass is 19.1. The number of halogens is 1. The van der Waals surface area contributed by atoms with Crippen molar-refractivity contribution >= 4 is 5.91 Å². The van der Waals surface area contributed by atoms with Gasteiger partial charge in [0.1, 0.15) is 5.82 Å². The molecule has 0 saturated carbocycles. The van der Waals surface area contributed by atoms with Gasteiger partial charge in [-0.3, -0.25) is 4.79 Å². The summed E-state index contributed by atoms with van der Waals surface area (Å²) in [4.78, 5) is 11.8. The summed E-state index contributed by atoms with van der Waals surface area (Å²) in [7, 11) is 0. The molecule has 0 aliphatic rings. The maximum Gasteiger partial charge on any atom is 0.255 e. The van der Waals surface area contributed by atoms with Gasteiger partial charge in [-0.2, -0.15) is 0 Å². The van der Waals surface area contributed by atoms with Gasteiger partial charge in [0, 0.05) is 0 Å². The van der Waals surface area contributed by atoms with Crippen LogP contribution in [0.25, 0.3) is 0 Å². The molecule has 0 spiro atoms. The molecule has 0 saturated heterocycles. The van der Waals surface area contributed by atoms with E-state index in [9.17, 15) is 9.18 Å². The fraction of sp³-hybridized carbons (Fsp3) is 0.357. The Hall–Kier alpha value is -1.82. The van der Waals surface area contributed by atoms with Crippen LogP contribution in [-0.2, 0) is 0 Å². The van der Waals surface area contributed by atoms with Crippen molar-refractivity contribution in [3.05, 3.63) is 35.1 Å². The molecule has 1 aromatic rings. The van der Waals surface area contributed by atoms with Crippen LogP contribution >= 0.6 is 0 Å². The molecule has 1 rings (SSSR count). The Labute approximate surface area is 101 Å². The van der Waals surface area contributed by atoms with Crippen LogP contribution in [0.4, 0.5) is 4.39 Å². The van der Waals surface area contributed by atoms with Gasteiger partial charge >= 0.3 is 0 Å². The molecule has 0 aliphatic heterocycles. The van der Waals surface area contributed by atoms with Gasteiger partial charge in [-0.25, -0.2) is 4.39 Å². The summed E-state index contributed by atoms with van der Waals surface area (Å²) < 4.78 is 13.5. The Morgan fingerprint density at radius 2 is 2.29 bits per heavy atom. The highest BCUT2D eigenvalue weighted by Crippen LogP contribution is 2.10. The average Bonchev–Trinajstić information content (AvgIpc) is 2.28. The lowest BCUT2D eigenvalue weighted by molar-refractivity contribution is 0.0940. The monoisotopic (exact) mass is 233 g/mol. The standard InChI is InChI=1S/C14H16FNO/c1-4-6-11(5-2)16-14(17)12-8-7-10(3)9-13(12)15/h2,7-9,11H,4,6H2,1,3H3,(H,16,17). The molecule has 1 N–H and O–H groups in total. The second-order valence-corrected chi connectivity index (χ2v) is 3.96. The minimum Gasteiger partial charge on any atom is -0.338 e. The lowest BCUT2D eigenvalue weighted by atomic mass is 10.1. The van der Waals surface area contributed by atoms with Crippen LogP contribution in [0.1, 0.15) is 35.7 Å². The van der Waals surface area contributed by atoms with E-state index >= 15 is 0 Å². The molecule has 3 heteroatoms. The molecular weight excluding hydrogens is 217 g/mol. The number of rotatable bonds is 4. The topological polar surface area (TPSA) is 29.1 Å². The van der Waals surface area contributed by atoms with Gasteiger partial charge in [0.15, 0.2) is 0 Å². The van der Waals surface area contributed by atoms with Gasteiger partial charge in [-0.05, 0) is 31.0 Å². The molecule has 0 aliphatic carbocycles. The van der Waals surface area contributed by atoms with Crippen LogP contribution in [-0.4, -0.2) is 11.9 Å². The number of carbonyl (C=O) groups is 1. The molecule has 1 amide bonds. The Morgan fingerprint density at radius 3 is 2.82 bits per heavy atom. The normalized spacial score (nSPS) is 11.6. The summed E-state index contributed by atoms with van der Waals surface area (Å²) in [6.07, 6.45) is 6.85. The lowest BCUT2D eigenvalue weighted by Gasteiger charge is -2.12. The van der Waals surface area contributed by atoms with Crippen LogP contribution in [0.5, 0.6) is 0 Å². The molecule has 17 heavy (non-hydrogen) atoms. The Balaban J connectivity index is 2.79. The maximum absolute atomic E-state index is 13.5. The molecule has 90 valence electrons. The summed E-state index contributed by atoms with van der Waals surface area (Å²) in [5.41, 5.74) is 0.813. The highest BCUT2D eigenvalue weighted by molar-refractivity contribution is 5.94. The first-order valence-corrected chi connectivity index (χ1v) is 5.61. The van der Waals surface area contributed by atoms with Crippen LogP contribution < -0.4 is 5.32 Å². The van der Waals surface area contributed by atoms with Crippen molar-refractivity contribution in [1.29, 1.82) is 0 Å². The van der Waals surface area contributed by atoms with Crippen molar-refractivity contribution in [2.45, 2.75) is 32.7 Å². The first kappa shape index (κ1) is 13.2. The van der Waals surface area contributed by atoms with Gasteiger partial charge in [0.2, 0.25) is 0 Å². The Morgan fingerprint density at radius 1 is 1.59 bits per heavy atom. The van der Waals surface area contributed by atoms with Crippen molar-refractivity contribution in [3.63, 3.8) is 0 Å². The van der Waals surface area contributed by atoms with Crippen molar-refractivity contribution in [3.8, 4) is 12.3 Å². The molecule has 0 fully saturated rings. The zero-order chi connectivity index (χ0) is 12.8. The van der Waals surface area contributed by atoms with E-state index in [0.29, 0.717) is 6.42 Å². The molecule has 1 unspecified atom stereocenters. The average molecular weight is 233 g/mol. The number of amides is 1. The third-order valence-electron chi connectivity index (χ3n) is 2.45. The van der Waals surface area contributed by atoms with Gasteiger partial charge in [-0.15, -0.1) is 6.42 Å². The van der Waals surface area contributed by atoms with Crippen molar-refractivity contribution < 1.29 is 9.18 Å². The third-order valence-corrected chi connectivity index (χ3v) is 2.45. The number of terminal acetylenes is 1. The van der Waals surface area contributed by atoms with E-state index in [4.69, 9.17) is 6.42 Å². The number of nitrogens with one attached hydrogen (secondary N) is 1. The van der Waals surface area contributed by atoms with Crippen LogP contribution in [0.2, 0.25) is 0 Å². The fourth-order valence-electron chi connectivity index (χ4n) is 1.53. The lowest BCUT2D eigenvalue weighted by Crippen LogP contribution is -2.34. The minimum atomic E-state index is -0.519. The van der Waals surface area contributed by atoms with E-state index in [0.717, 1.165) is 12.0 Å². The predicted molar refractivity (Wildman–Crippen MR) is 66.1 cm³/mol. The van der Waals surface area contributed by atoms with Gasteiger partial charge in [-0.1, -0.05) is 25.3 Å². The zero-order valence-corrected chi connectivity index (χ0v) is 10.1. The highest BCUT2D eigenvalue weighted by Gasteiger charge is 2.14.